The molecule has 0 spiro atoms. The number of urea groups is 1. The third-order valence-electron chi connectivity index (χ3n) is 5.04. The zero-order chi connectivity index (χ0) is 13.7. The van der Waals surface area contributed by atoms with E-state index in [0.717, 1.165) is 38.3 Å². The number of hydrogen-bond acceptors (Lipinski definition) is 1. The first kappa shape index (κ1) is 14.7. The molecule has 1 N–H and O–H groups in total. The molecule has 2 rings (SSSR count). The Morgan fingerprint density at radius 2 is 1.79 bits per heavy atom. The van der Waals surface area contributed by atoms with Crippen molar-refractivity contribution in [1.29, 1.82) is 0 Å². The van der Waals surface area contributed by atoms with Crippen molar-refractivity contribution in [3.63, 3.8) is 0 Å². The normalized spacial score (nSPS) is 24.2. The van der Waals surface area contributed by atoms with Crippen LogP contribution in [0.3, 0.4) is 0 Å². The van der Waals surface area contributed by atoms with Crippen LogP contribution in [0, 0.1) is 11.8 Å². The molecule has 1 aliphatic carbocycles. The second-order valence-electron chi connectivity index (χ2n) is 6.53. The van der Waals surface area contributed by atoms with Gasteiger partial charge >= 0.3 is 6.03 Å². The van der Waals surface area contributed by atoms with Crippen molar-refractivity contribution >= 4 is 6.03 Å². The molecule has 3 heteroatoms. The third kappa shape index (κ3) is 4.12. The fourth-order valence-corrected chi connectivity index (χ4v) is 3.55. The molecule has 1 atom stereocenters. The molecule has 1 saturated heterocycles. The molecule has 2 fully saturated rings. The number of nitrogens with one attached hydrogen (secondary N) is 1. The number of rotatable bonds is 3. The molecule has 1 saturated carbocycles. The van der Waals surface area contributed by atoms with Gasteiger partial charge in [0.2, 0.25) is 0 Å². The summed E-state index contributed by atoms with van der Waals surface area (Å²) in [5.74, 6) is 1.50. The minimum Gasteiger partial charge on any atom is -0.335 e. The molecule has 1 unspecified atom stereocenters. The Morgan fingerprint density at radius 3 is 2.37 bits per heavy atom. The quantitative estimate of drug-likeness (QED) is 0.828. The molecule has 3 nitrogen and oxygen atoms in total. The van der Waals surface area contributed by atoms with Gasteiger partial charge in [0.25, 0.3) is 0 Å². The van der Waals surface area contributed by atoms with Crippen molar-refractivity contribution in [2.24, 2.45) is 11.8 Å². The molecule has 110 valence electrons. The second kappa shape index (κ2) is 7.16. The summed E-state index contributed by atoms with van der Waals surface area (Å²) in [4.78, 5) is 14.4. The highest BCUT2D eigenvalue weighted by Gasteiger charge is 2.26. The van der Waals surface area contributed by atoms with E-state index in [1.54, 1.807) is 0 Å². The van der Waals surface area contributed by atoms with Crippen LogP contribution in [0.15, 0.2) is 0 Å². The van der Waals surface area contributed by atoms with E-state index in [2.05, 4.69) is 19.2 Å². The Labute approximate surface area is 118 Å². The van der Waals surface area contributed by atoms with Gasteiger partial charge in [-0.25, -0.2) is 4.79 Å². The van der Waals surface area contributed by atoms with Gasteiger partial charge in [-0.15, -0.1) is 0 Å². The molecule has 0 radical (unpaired) electrons. The van der Waals surface area contributed by atoms with Crippen LogP contribution in [0.2, 0.25) is 0 Å². The molecule has 2 aliphatic rings. The molecule has 1 heterocycles. The predicted molar refractivity (Wildman–Crippen MR) is 79.2 cm³/mol. The van der Waals surface area contributed by atoms with Crippen LogP contribution in [0.25, 0.3) is 0 Å². The van der Waals surface area contributed by atoms with Crippen LogP contribution in [0.1, 0.15) is 65.2 Å². The summed E-state index contributed by atoms with van der Waals surface area (Å²) in [6, 6.07) is 0.580. The van der Waals surface area contributed by atoms with E-state index >= 15 is 0 Å². The van der Waals surface area contributed by atoms with Crippen LogP contribution >= 0.6 is 0 Å². The van der Waals surface area contributed by atoms with E-state index in [0.29, 0.717) is 12.0 Å². The zero-order valence-corrected chi connectivity index (χ0v) is 12.7. The van der Waals surface area contributed by atoms with Crippen LogP contribution in [0.4, 0.5) is 4.79 Å². The summed E-state index contributed by atoms with van der Waals surface area (Å²) in [6.07, 6.45) is 10.1. The Hall–Kier alpha value is -0.730. The Morgan fingerprint density at radius 1 is 1.16 bits per heavy atom. The number of hydrogen-bond donors (Lipinski definition) is 1. The van der Waals surface area contributed by atoms with Crippen molar-refractivity contribution in [3.05, 3.63) is 0 Å². The van der Waals surface area contributed by atoms with Gasteiger partial charge in [-0.2, -0.15) is 0 Å². The number of nitrogens with zero attached hydrogens (tertiary/aromatic N) is 1. The summed E-state index contributed by atoms with van der Waals surface area (Å²) in [5, 5.41) is 3.31. The van der Waals surface area contributed by atoms with E-state index in [4.69, 9.17) is 0 Å². The average Bonchev–Trinajstić information content (AvgIpc) is 2.46. The minimum atomic E-state index is 0.185. The first-order valence-corrected chi connectivity index (χ1v) is 8.26. The van der Waals surface area contributed by atoms with Gasteiger partial charge in [0.1, 0.15) is 0 Å². The van der Waals surface area contributed by atoms with E-state index < -0.39 is 0 Å². The first-order chi connectivity index (χ1) is 9.20. The number of piperidine rings is 1. The lowest BCUT2D eigenvalue weighted by atomic mass is 9.83. The highest BCUT2D eigenvalue weighted by molar-refractivity contribution is 5.74. The second-order valence-corrected chi connectivity index (χ2v) is 6.53. The van der Waals surface area contributed by atoms with E-state index in [-0.39, 0.29) is 6.03 Å². The van der Waals surface area contributed by atoms with Gasteiger partial charge in [0, 0.05) is 19.1 Å². The van der Waals surface area contributed by atoms with Crippen molar-refractivity contribution in [2.75, 3.05) is 13.1 Å². The van der Waals surface area contributed by atoms with Gasteiger partial charge in [0.05, 0.1) is 0 Å². The summed E-state index contributed by atoms with van der Waals surface area (Å²) >= 11 is 0. The number of likely N-dealkylation sites (tertiary alicyclic amines) is 1. The first-order valence-electron chi connectivity index (χ1n) is 8.26. The number of amides is 2. The van der Waals surface area contributed by atoms with Gasteiger partial charge < -0.3 is 10.2 Å². The zero-order valence-electron chi connectivity index (χ0n) is 12.7. The fourth-order valence-electron chi connectivity index (χ4n) is 3.55. The molecule has 0 bridgehead atoms. The highest BCUT2D eigenvalue weighted by Crippen LogP contribution is 2.28. The maximum atomic E-state index is 12.3. The summed E-state index contributed by atoms with van der Waals surface area (Å²) < 4.78 is 0. The minimum absolute atomic E-state index is 0.185. The van der Waals surface area contributed by atoms with E-state index in [9.17, 15) is 4.79 Å². The molecular weight excluding hydrogens is 236 g/mol. The Bertz CT molecular complexity index is 278. The van der Waals surface area contributed by atoms with Gasteiger partial charge in [-0.05, 0) is 43.9 Å². The van der Waals surface area contributed by atoms with Gasteiger partial charge in [0.15, 0.2) is 0 Å². The molecule has 0 aromatic rings. The lowest BCUT2D eigenvalue weighted by Crippen LogP contribution is -2.49. The van der Waals surface area contributed by atoms with Crippen LogP contribution < -0.4 is 5.32 Å². The monoisotopic (exact) mass is 266 g/mol. The average molecular weight is 266 g/mol. The van der Waals surface area contributed by atoms with Crippen LogP contribution in [-0.2, 0) is 0 Å². The summed E-state index contributed by atoms with van der Waals surface area (Å²) in [5.41, 5.74) is 0. The van der Waals surface area contributed by atoms with E-state index in [1.165, 1.54) is 32.1 Å². The molecule has 1 aliphatic heterocycles. The van der Waals surface area contributed by atoms with Gasteiger partial charge in [-0.3, -0.25) is 0 Å². The number of carbonyl (C=O) groups excluding carboxylic acids is 1. The largest absolute Gasteiger partial charge is 0.335 e. The molecule has 0 aromatic heterocycles. The highest BCUT2D eigenvalue weighted by atomic mass is 16.2. The van der Waals surface area contributed by atoms with Crippen molar-refractivity contribution < 1.29 is 4.79 Å². The van der Waals surface area contributed by atoms with E-state index in [1.807, 2.05) is 4.90 Å². The van der Waals surface area contributed by atoms with Crippen LogP contribution in [-0.4, -0.2) is 30.1 Å². The smallest absolute Gasteiger partial charge is 0.317 e. The third-order valence-corrected chi connectivity index (χ3v) is 5.04. The summed E-state index contributed by atoms with van der Waals surface area (Å²) in [7, 11) is 0. The van der Waals surface area contributed by atoms with Crippen LogP contribution in [0.5, 0.6) is 0 Å². The van der Waals surface area contributed by atoms with Crippen molar-refractivity contribution in [1.82, 2.24) is 10.2 Å². The maximum Gasteiger partial charge on any atom is 0.317 e. The number of carbonyl (C=O) groups is 1. The topological polar surface area (TPSA) is 32.3 Å². The molecule has 19 heavy (non-hydrogen) atoms. The Balaban J connectivity index is 1.81. The molecular formula is C16H30N2O. The van der Waals surface area contributed by atoms with Crippen molar-refractivity contribution in [3.8, 4) is 0 Å². The maximum absolute atomic E-state index is 12.3. The standard InChI is InChI=1S/C16H30N2O/c1-3-15(14-7-5-4-6-8-14)17-16(19)18-11-9-13(2)10-12-18/h13-15H,3-12H2,1-2H3,(H,17,19). The lowest BCUT2D eigenvalue weighted by Gasteiger charge is -2.35. The van der Waals surface area contributed by atoms with Crippen molar-refractivity contribution in [2.45, 2.75) is 71.3 Å². The fraction of sp³-hybridized carbons (Fsp3) is 0.938. The molecule has 0 aromatic carbocycles. The predicted octanol–water partition coefficient (Wildman–Crippen LogP) is 3.79. The lowest BCUT2D eigenvalue weighted by molar-refractivity contribution is 0.161. The SMILES string of the molecule is CCC(NC(=O)N1CCC(C)CC1)C1CCCCC1. The summed E-state index contributed by atoms with van der Waals surface area (Å²) in [6.45, 7) is 6.37. The van der Waals surface area contributed by atoms with Gasteiger partial charge in [-0.1, -0.05) is 33.1 Å². The molecule has 2 amide bonds. The Kier molecular flexibility index (Phi) is 5.53.